The number of para-hydroxylation sites is 1. The lowest BCUT2D eigenvalue weighted by Crippen LogP contribution is -2.25. The molecule has 2 N–H and O–H groups in total. The Morgan fingerprint density at radius 1 is 1.10 bits per heavy atom. The highest BCUT2D eigenvalue weighted by Crippen LogP contribution is 2.15. The first kappa shape index (κ1) is 16.7. The Bertz CT molecular complexity index is 514. The Kier molecular flexibility index (Phi) is 6.94. The van der Waals surface area contributed by atoms with E-state index < -0.39 is 5.97 Å². The van der Waals surface area contributed by atoms with Crippen LogP contribution in [0.1, 0.15) is 37.0 Å². The van der Waals surface area contributed by atoms with Gasteiger partial charge in [-0.05, 0) is 26.0 Å². The number of esters is 1. The molecule has 0 aliphatic rings. The summed E-state index contributed by atoms with van der Waals surface area (Å²) in [5.41, 5.74) is 0.821. The average molecular weight is 292 g/mol. The molecule has 0 unspecified atom stereocenters. The van der Waals surface area contributed by atoms with Gasteiger partial charge in [-0.15, -0.1) is 0 Å². The molecule has 0 heterocycles. The topological polar surface area (TPSA) is 84.5 Å². The van der Waals surface area contributed by atoms with Crippen LogP contribution in [0.4, 0.5) is 5.69 Å². The second-order valence-electron chi connectivity index (χ2n) is 4.26. The molecule has 0 aliphatic carbocycles. The Balaban J connectivity index is 2.64. The van der Waals surface area contributed by atoms with Crippen LogP contribution < -0.4 is 10.6 Å². The van der Waals surface area contributed by atoms with Crippen LogP contribution in [0.2, 0.25) is 0 Å². The first-order chi connectivity index (χ1) is 10.1. The maximum absolute atomic E-state index is 11.9. The van der Waals surface area contributed by atoms with Gasteiger partial charge in [0, 0.05) is 13.0 Å². The van der Waals surface area contributed by atoms with Crippen LogP contribution in [-0.2, 0) is 14.3 Å². The molecule has 6 nitrogen and oxygen atoms in total. The van der Waals surface area contributed by atoms with Gasteiger partial charge >= 0.3 is 5.97 Å². The largest absolute Gasteiger partial charge is 0.466 e. The van der Waals surface area contributed by atoms with Crippen molar-refractivity contribution < 1.29 is 19.1 Å². The van der Waals surface area contributed by atoms with Crippen molar-refractivity contribution in [3.8, 4) is 0 Å². The van der Waals surface area contributed by atoms with Crippen LogP contribution in [0.25, 0.3) is 0 Å². The third-order valence-electron chi connectivity index (χ3n) is 2.64. The fourth-order valence-corrected chi connectivity index (χ4v) is 1.71. The quantitative estimate of drug-likeness (QED) is 0.749. The summed E-state index contributed by atoms with van der Waals surface area (Å²) in [5, 5.41) is 5.32. The summed E-state index contributed by atoms with van der Waals surface area (Å²) in [4.78, 5) is 34.9. The van der Waals surface area contributed by atoms with E-state index in [4.69, 9.17) is 4.74 Å². The minimum Gasteiger partial charge on any atom is -0.466 e. The molecule has 0 atom stereocenters. The summed E-state index contributed by atoms with van der Waals surface area (Å²) in [7, 11) is 0. The number of hydrogen-bond acceptors (Lipinski definition) is 4. The molecule has 0 saturated heterocycles. The van der Waals surface area contributed by atoms with Crippen molar-refractivity contribution >= 4 is 23.5 Å². The van der Waals surface area contributed by atoms with Crippen molar-refractivity contribution in [2.75, 3.05) is 18.5 Å². The van der Waals surface area contributed by atoms with Crippen molar-refractivity contribution in [1.29, 1.82) is 0 Å². The lowest BCUT2D eigenvalue weighted by molar-refractivity contribution is -0.144. The summed E-state index contributed by atoms with van der Waals surface area (Å²) in [5.74, 6) is -0.997. The van der Waals surface area contributed by atoms with Crippen molar-refractivity contribution in [3.05, 3.63) is 29.8 Å². The average Bonchev–Trinajstić information content (AvgIpc) is 2.46. The van der Waals surface area contributed by atoms with Gasteiger partial charge in [0.2, 0.25) is 5.91 Å². The zero-order chi connectivity index (χ0) is 15.7. The third kappa shape index (κ3) is 5.64. The zero-order valence-corrected chi connectivity index (χ0v) is 12.3. The van der Waals surface area contributed by atoms with Crippen LogP contribution in [0.3, 0.4) is 0 Å². The highest BCUT2D eigenvalue weighted by Gasteiger charge is 2.13. The molecule has 1 rings (SSSR count). The highest BCUT2D eigenvalue weighted by atomic mass is 16.5. The summed E-state index contributed by atoms with van der Waals surface area (Å²) >= 11 is 0. The molecule has 21 heavy (non-hydrogen) atoms. The Labute approximate surface area is 123 Å². The summed E-state index contributed by atoms with van der Waals surface area (Å²) in [6.45, 7) is 4.32. The molecule has 1 aromatic rings. The van der Waals surface area contributed by atoms with Gasteiger partial charge in [-0.25, -0.2) is 0 Å². The molecular formula is C15H20N2O4. The van der Waals surface area contributed by atoms with Gasteiger partial charge in [0.1, 0.15) is 0 Å². The van der Waals surface area contributed by atoms with E-state index in [1.807, 2.05) is 6.92 Å². The highest BCUT2D eigenvalue weighted by molar-refractivity contribution is 6.04. The molecule has 0 spiro atoms. The smallest absolute Gasteiger partial charge is 0.306 e. The molecule has 0 aromatic heterocycles. The van der Waals surface area contributed by atoms with Crippen molar-refractivity contribution in [2.45, 2.75) is 26.7 Å². The molecule has 0 fully saturated rings. The molecule has 6 heteroatoms. The van der Waals surface area contributed by atoms with E-state index in [1.165, 1.54) is 0 Å². The first-order valence-corrected chi connectivity index (χ1v) is 6.91. The number of benzene rings is 1. The molecular weight excluding hydrogens is 272 g/mol. The lowest BCUT2D eigenvalue weighted by Gasteiger charge is -2.10. The van der Waals surface area contributed by atoms with E-state index in [2.05, 4.69) is 10.6 Å². The number of rotatable bonds is 7. The van der Waals surface area contributed by atoms with Gasteiger partial charge in [-0.1, -0.05) is 12.1 Å². The Morgan fingerprint density at radius 3 is 2.48 bits per heavy atom. The van der Waals surface area contributed by atoms with Crippen LogP contribution >= 0.6 is 0 Å². The van der Waals surface area contributed by atoms with Gasteiger partial charge < -0.3 is 15.4 Å². The summed E-state index contributed by atoms with van der Waals surface area (Å²) < 4.78 is 4.75. The lowest BCUT2D eigenvalue weighted by atomic mass is 10.1. The van der Waals surface area contributed by atoms with Crippen LogP contribution in [-0.4, -0.2) is 30.9 Å². The van der Waals surface area contributed by atoms with Gasteiger partial charge in [-0.3, -0.25) is 14.4 Å². The minimum absolute atomic E-state index is 0.0164. The standard InChI is InChI=1S/C15H20N2O4/c1-3-16-15(20)11-7-5-6-8-12(11)17-13(18)9-10-14(19)21-4-2/h5-8H,3-4,9-10H2,1-2H3,(H,16,20)(H,17,18). The number of hydrogen-bond donors (Lipinski definition) is 2. The maximum Gasteiger partial charge on any atom is 0.306 e. The van der Waals surface area contributed by atoms with E-state index in [-0.39, 0.29) is 24.7 Å². The number of ether oxygens (including phenoxy) is 1. The van der Waals surface area contributed by atoms with E-state index in [9.17, 15) is 14.4 Å². The van der Waals surface area contributed by atoms with E-state index >= 15 is 0 Å². The van der Waals surface area contributed by atoms with E-state index in [1.54, 1.807) is 31.2 Å². The minimum atomic E-state index is -0.412. The van der Waals surface area contributed by atoms with Gasteiger partial charge in [0.25, 0.3) is 5.91 Å². The molecule has 2 amide bonds. The molecule has 0 bridgehead atoms. The summed E-state index contributed by atoms with van der Waals surface area (Å²) in [6.07, 6.45) is 0.0333. The second kappa shape index (κ2) is 8.73. The number of carbonyl (C=O) groups excluding carboxylic acids is 3. The number of carbonyl (C=O) groups is 3. The maximum atomic E-state index is 11.9. The fraction of sp³-hybridized carbons (Fsp3) is 0.400. The SMILES string of the molecule is CCNC(=O)c1ccccc1NC(=O)CCC(=O)OCC. The number of amides is 2. The Hall–Kier alpha value is -2.37. The summed E-state index contributed by atoms with van der Waals surface area (Å²) in [6, 6.07) is 6.72. The van der Waals surface area contributed by atoms with Crippen LogP contribution in [0, 0.1) is 0 Å². The molecule has 1 aromatic carbocycles. The third-order valence-corrected chi connectivity index (χ3v) is 2.64. The molecule has 0 radical (unpaired) electrons. The van der Waals surface area contributed by atoms with Crippen molar-refractivity contribution in [3.63, 3.8) is 0 Å². The zero-order valence-electron chi connectivity index (χ0n) is 12.3. The second-order valence-corrected chi connectivity index (χ2v) is 4.26. The van der Waals surface area contributed by atoms with Gasteiger partial charge in [-0.2, -0.15) is 0 Å². The predicted octanol–water partition coefficient (Wildman–Crippen LogP) is 1.72. The van der Waals surface area contributed by atoms with Crippen molar-refractivity contribution in [1.82, 2.24) is 5.32 Å². The fourth-order valence-electron chi connectivity index (χ4n) is 1.71. The number of nitrogens with one attached hydrogen (secondary N) is 2. The van der Waals surface area contributed by atoms with Gasteiger partial charge in [0.15, 0.2) is 0 Å². The predicted molar refractivity (Wildman–Crippen MR) is 78.9 cm³/mol. The van der Waals surface area contributed by atoms with Crippen LogP contribution in [0.15, 0.2) is 24.3 Å². The monoisotopic (exact) mass is 292 g/mol. The molecule has 114 valence electrons. The molecule has 0 saturated carbocycles. The van der Waals surface area contributed by atoms with Gasteiger partial charge in [0.05, 0.1) is 24.3 Å². The van der Waals surface area contributed by atoms with Crippen molar-refractivity contribution in [2.24, 2.45) is 0 Å². The van der Waals surface area contributed by atoms with E-state index in [0.717, 1.165) is 0 Å². The number of anilines is 1. The Morgan fingerprint density at radius 2 is 1.81 bits per heavy atom. The van der Waals surface area contributed by atoms with Crippen LogP contribution in [0.5, 0.6) is 0 Å². The first-order valence-electron chi connectivity index (χ1n) is 6.91. The normalized spacial score (nSPS) is 9.81. The molecule has 0 aliphatic heterocycles. The van der Waals surface area contributed by atoms with E-state index in [0.29, 0.717) is 24.4 Å².